The molecular weight excluding hydrogens is 320 g/mol. The average molecular weight is 335 g/mol. The van der Waals surface area contributed by atoms with Gasteiger partial charge in [-0.2, -0.15) is 0 Å². The van der Waals surface area contributed by atoms with Gasteiger partial charge in [0.25, 0.3) is 0 Å². The topological polar surface area (TPSA) is 24.9 Å². The maximum atomic E-state index is 6.18. The van der Waals surface area contributed by atoms with E-state index in [4.69, 9.17) is 11.6 Å². The predicted octanol–water partition coefficient (Wildman–Crippen LogP) is 5.81. The van der Waals surface area contributed by atoms with E-state index in [2.05, 4.69) is 41.5 Å². The predicted molar refractivity (Wildman–Crippen MR) is 93.0 cm³/mol. The summed E-state index contributed by atoms with van der Waals surface area (Å²) in [5, 5.41) is 4.80. The Balaban J connectivity index is 1.65. The molecule has 3 aromatic rings. The summed E-state index contributed by atoms with van der Waals surface area (Å²) in [6.45, 7) is 2.05. The molecule has 0 radical (unpaired) electrons. The lowest BCUT2D eigenvalue weighted by atomic mass is 9.94. The first-order chi connectivity index (χ1) is 10.2. The zero-order valence-electron chi connectivity index (χ0n) is 11.6. The number of hydrogen-bond acceptors (Lipinski definition) is 4. The minimum absolute atomic E-state index is 0.379. The first kappa shape index (κ1) is 13.6. The monoisotopic (exact) mass is 334 g/mol. The number of nitrogens with one attached hydrogen (secondary N) is 1. The highest BCUT2D eigenvalue weighted by atomic mass is 35.5. The molecule has 1 atom stereocenters. The van der Waals surface area contributed by atoms with Crippen LogP contribution in [0.2, 0.25) is 4.34 Å². The van der Waals surface area contributed by atoms with Gasteiger partial charge in [0.2, 0.25) is 0 Å². The van der Waals surface area contributed by atoms with Crippen molar-refractivity contribution in [2.45, 2.75) is 32.2 Å². The van der Waals surface area contributed by atoms with Gasteiger partial charge >= 0.3 is 0 Å². The van der Waals surface area contributed by atoms with Crippen LogP contribution in [0.5, 0.6) is 0 Å². The number of aryl methyl sites for hydroxylation is 2. The van der Waals surface area contributed by atoms with Crippen molar-refractivity contribution in [1.82, 2.24) is 4.98 Å². The minimum atomic E-state index is 0.379. The summed E-state index contributed by atoms with van der Waals surface area (Å²) in [6, 6.07) is 8.95. The zero-order chi connectivity index (χ0) is 14.4. The number of halogens is 1. The summed E-state index contributed by atoms with van der Waals surface area (Å²) in [4.78, 5) is 5.96. The molecule has 1 N–H and O–H groups in total. The molecule has 1 aliphatic rings. The standard InChI is InChI=1S/C16H15ClN2S2/c1-9-18-13-6-5-10(7-15(13)20-9)19-12-3-2-4-14-11(12)8-16(17)21-14/h5-8,12,19H,2-4H2,1H3. The summed E-state index contributed by atoms with van der Waals surface area (Å²) in [5.41, 5.74) is 3.65. The van der Waals surface area contributed by atoms with Crippen LogP contribution in [-0.4, -0.2) is 4.98 Å². The molecule has 5 heteroatoms. The lowest BCUT2D eigenvalue weighted by molar-refractivity contribution is 0.609. The Kier molecular flexibility index (Phi) is 3.40. The number of anilines is 1. The summed E-state index contributed by atoms with van der Waals surface area (Å²) in [6.07, 6.45) is 3.56. The fourth-order valence-corrected chi connectivity index (χ4v) is 5.25. The Labute approximate surface area is 136 Å². The van der Waals surface area contributed by atoms with Gasteiger partial charge in [-0.25, -0.2) is 4.98 Å². The van der Waals surface area contributed by atoms with Gasteiger partial charge in [-0.05, 0) is 56.0 Å². The number of nitrogens with zero attached hydrogens (tertiary/aromatic N) is 1. The molecule has 0 bridgehead atoms. The maximum Gasteiger partial charge on any atom is 0.0934 e. The van der Waals surface area contributed by atoms with E-state index < -0.39 is 0 Å². The highest BCUT2D eigenvalue weighted by Gasteiger charge is 2.22. The van der Waals surface area contributed by atoms with Gasteiger partial charge in [0.1, 0.15) is 0 Å². The highest BCUT2D eigenvalue weighted by Crippen LogP contribution is 2.39. The van der Waals surface area contributed by atoms with Crippen LogP contribution in [-0.2, 0) is 6.42 Å². The molecule has 2 nitrogen and oxygen atoms in total. The SMILES string of the molecule is Cc1nc2ccc(NC3CCCc4sc(Cl)cc43)cc2s1. The van der Waals surface area contributed by atoms with Gasteiger partial charge in [-0.15, -0.1) is 22.7 Å². The molecule has 0 spiro atoms. The second-order valence-electron chi connectivity index (χ2n) is 5.43. The van der Waals surface area contributed by atoms with Crippen LogP contribution in [0.4, 0.5) is 5.69 Å². The smallest absolute Gasteiger partial charge is 0.0934 e. The van der Waals surface area contributed by atoms with Crippen LogP contribution in [0.25, 0.3) is 10.2 Å². The van der Waals surface area contributed by atoms with Crippen molar-refractivity contribution in [3.05, 3.63) is 44.1 Å². The molecular formula is C16H15ClN2S2. The van der Waals surface area contributed by atoms with Crippen molar-refractivity contribution < 1.29 is 0 Å². The van der Waals surface area contributed by atoms with E-state index in [1.807, 2.05) is 0 Å². The Morgan fingerprint density at radius 3 is 3.10 bits per heavy atom. The molecule has 1 unspecified atom stereocenters. The lowest BCUT2D eigenvalue weighted by Gasteiger charge is -2.24. The van der Waals surface area contributed by atoms with E-state index in [1.165, 1.54) is 33.7 Å². The van der Waals surface area contributed by atoms with Crippen molar-refractivity contribution >= 4 is 50.2 Å². The molecule has 2 aromatic heterocycles. The Bertz CT molecular complexity index is 806. The zero-order valence-corrected chi connectivity index (χ0v) is 14.0. The van der Waals surface area contributed by atoms with Crippen LogP contribution < -0.4 is 5.32 Å². The fraction of sp³-hybridized carbons (Fsp3) is 0.312. The van der Waals surface area contributed by atoms with Crippen molar-refractivity contribution in [3.8, 4) is 0 Å². The van der Waals surface area contributed by atoms with Crippen molar-refractivity contribution in [2.75, 3.05) is 5.32 Å². The van der Waals surface area contributed by atoms with Crippen LogP contribution in [0, 0.1) is 6.92 Å². The lowest BCUT2D eigenvalue weighted by Crippen LogP contribution is -2.15. The normalized spacial score (nSPS) is 17.9. The number of thiazole rings is 1. The van der Waals surface area contributed by atoms with Crippen molar-refractivity contribution in [3.63, 3.8) is 0 Å². The molecule has 2 heterocycles. The van der Waals surface area contributed by atoms with E-state index in [9.17, 15) is 0 Å². The van der Waals surface area contributed by atoms with Crippen LogP contribution >= 0.6 is 34.3 Å². The van der Waals surface area contributed by atoms with E-state index in [0.717, 1.165) is 21.3 Å². The van der Waals surface area contributed by atoms with E-state index >= 15 is 0 Å². The quantitative estimate of drug-likeness (QED) is 0.639. The number of rotatable bonds is 2. The van der Waals surface area contributed by atoms with Crippen molar-refractivity contribution in [2.24, 2.45) is 0 Å². The van der Waals surface area contributed by atoms with Gasteiger partial charge in [0, 0.05) is 10.6 Å². The van der Waals surface area contributed by atoms with Crippen LogP contribution in [0.1, 0.15) is 34.3 Å². The largest absolute Gasteiger partial charge is 0.378 e. The number of hydrogen-bond donors (Lipinski definition) is 1. The first-order valence-electron chi connectivity index (χ1n) is 7.11. The summed E-state index contributed by atoms with van der Waals surface area (Å²) in [5.74, 6) is 0. The van der Waals surface area contributed by atoms with Gasteiger partial charge in [-0.3, -0.25) is 0 Å². The molecule has 4 rings (SSSR count). The Morgan fingerprint density at radius 2 is 2.19 bits per heavy atom. The first-order valence-corrected chi connectivity index (χ1v) is 9.12. The van der Waals surface area contributed by atoms with Crippen LogP contribution in [0.15, 0.2) is 24.3 Å². The Morgan fingerprint density at radius 1 is 1.29 bits per heavy atom. The maximum absolute atomic E-state index is 6.18. The number of aromatic nitrogens is 1. The molecule has 108 valence electrons. The van der Waals surface area contributed by atoms with Gasteiger partial charge in [0.05, 0.1) is 25.6 Å². The molecule has 21 heavy (non-hydrogen) atoms. The second kappa shape index (κ2) is 5.27. The van der Waals surface area contributed by atoms with Gasteiger partial charge in [-0.1, -0.05) is 11.6 Å². The molecule has 1 aliphatic carbocycles. The number of benzene rings is 1. The molecule has 0 fully saturated rings. The highest BCUT2D eigenvalue weighted by molar-refractivity contribution is 7.18. The fourth-order valence-electron chi connectivity index (χ4n) is 3.00. The molecule has 1 aromatic carbocycles. The van der Waals surface area contributed by atoms with E-state index in [1.54, 1.807) is 22.7 Å². The third kappa shape index (κ3) is 2.56. The summed E-state index contributed by atoms with van der Waals surface area (Å²) in [7, 11) is 0. The van der Waals surface area contributed by atoms with E-state index in [0.29, 0.717) is 6.04 Å². The van der Waals surface area contributed by atoms with Crippen LogP contribution in [0.3, 0.4) is 0 Å². The molecule has 0 saturated heterocycles. The number of fused-ring (bicyclic) bond motifs is 2. The average Bonchev–Trinajstić information content (AvgIpc) is 2.99. The van der Waals surface area contributed by atoms with Crippen molar-refractivity contribution in [1.29, 1.82) is 0 Å². The minimum Gasteiger partial charge on any atom is -0.378 e. The third-order valence-electron chi connectivity index (χ3n) is 3.92. The Hall–Kier alpha value is -1.10. The second-order valence-corrected chi connectivity index (χ2v) is 8.44. The van der Waals surface area contributed by atoms with E-state index in [-0.39, 0.29) is 0 Å². The summed E-state index contributed by atoms with van der Waals surface area (Å²) < 4.78 is 2.15. The molecule has 0 amide bonds. The number of thiophene rings is 1. The molecule has 0 aliphatic heterocycles. The molecule has 0 saturated carbocycles. The van der Waals surface area contributed by atoms with Gasteiger partial charge < -0.3 is 5.32 Å². The van der Waals surface area contributed by atoms with Gasteiger partial charge in [0.15, 0.2) is 0 Å². The third-order valence-corrected chi connectivity index (χ3v) is 6.19. The summed E-state index contributed by atoms with van der Waals surface area (Å²) >= 11 is 9.66.